The molecule has 132 valence electrons. The third-order valence-corrected chi connectivity index (χ3v) is 4.51. The third-order valence-electron chi connectivity index (χ3n) is 4.28. The molecule has 0 unspecified atom stereocenters. The smallest absolute Gasteiger partial charge is 0.0662 e. The summed E-state index contributed by atoms with van der Waals surface area (Å²) in [5.41, 5.74) is 10.9. The summed E-state index contributed by atoms with van der Waals surface area (Å²) in [6, 6.07) is 11.9. The first-order valence-electron chi connectivity index (χ1n) is 8.41. The number of halogens is 1. The Morgan fingerprint density at radius 3 is 2.84 bits per heavy atom. The van der Waals surface area contributed by atoms with Crippen molar-refractivity contribution in [3.8, 4) is 0 Å². The minimum absolute atomic E-state index is 0.0852. The number of nitrogens with one attached hydrogen (secondary N) is 2. The first-order chi connectivity index (χ1) is 12.2. The van der Waals surface area contributed by atoms with Gasteiger partial charge in [0.25, 0.3) is 0 Å². The maximum absolute atomic E-state index is 9.62. The van der Waals surface area contributed by atoms with E-state index < -0.39 is 0 Å². The molecule has 1 aromatic heterocycles. The van der Waals surface area contributed by atoms with E-state index in [9.17, 15) is 5.11 Å². The predicted molar refractivity (Wildman–Crippen MR) is 99.7 cm³/mol. The molecule has 2 heterocycles. The number of aliphatic hydroxyl groups excluding tert-OH is 1. The molecule has 3 rings (SSSR count). The van der Waals surface area contributed by atoms with Crippen LogP contribution >= 0.6 is 11.6 Å². The Labute approximate surface area is 153 Å². The maximum atomic E-state index is 9.62. The van der Waals surface area contributed by atoms with E-state index in [1.165, 1.54) is 5.56 Å². The van der Waals surface area contributed by atoms with Crippen LogP contribution in [-0.4, -0.2) is 34.7 Å². The Balaban J connectivity index is 1.57. The molecule has 0 bridgehead atoms. The second kappa shape index (κ2) is 8.97. The fraction of sp³-hybridized carbons (Fsp3) is 0.316. The number of hydrazine groups is 1. The maximum Gasteiger partial charge on any atom is 0.0662 e. The summed E-state index contributed by atoms with van der Waals surface area (Å²) in [6.07, 6.45) is 4.45. The molecular weight excluding hydrogens is 336 g/mol. The Bertz CT molecular complexity index is 720. The van der Waals surface area contributed by atoms with Gasteiger partial charge >= 0.3 is 0 Å². The topological polar surface area (TPSA) is 60.4 Å². The van der Waals surface area contributed by atoms with Crippen molar-refractivity contribution >= 4 is 11.6 Å². The number of nitrogens with zero attached hydrogens (tertiary/aromatic N) is 2. The van der Waals surface area contributed by atoms with Gasteiger partial charge in [-0.3, -0.25) is 9.88 Å². The Kier molecular flexibility index (Phi) is 6.42. The van der Waals surface area contributed by atoms with Crippen LogP contribution in [0.3, 0.4) is 0 Å². The molecular formula is C19H23ClN4O. The fourth-order valence-electron chi connectivity index (χ4n) is 2.94. The molecule has 0 aliphatic carbocycles. The zero-order valence-corrected chi connectivity index (χ0v) is 14.8. The van der Waals surface area contributed by atoms with Gasteiger partial charge in [0.05, 0.1) is 6.61 Å². The molecule has 0 saturated heterocycles. The molecule has 5 nitrogen and oxygen atoms in total. The van der Waals surface area contributed by atoms with E-state index in [1.807, 2.05) is 36.5 Å². The predicted octanol–water partition coefficient (Wildman–Crippen LogP) is 2.48. The van der Waals surface area contributed by atoms with Crippen LogP contribution in [0.1, 0.15) is 17.5 Å². The lowest BCUT2D eigenvalue weighted by Gasteiger charge is -2.31. The monoisotopic (exact) mass is 358 g/mol. The number of hydrogen-bond donors (Lipinski definition) is 3. The van der Waals surface area contributed by atoms with Crippen LogP contribution in [-0.2, 0) is 13.1 Å². The van der Waals surface area contributed by atoms with Crippen LogP contribution in [0.25, 0.3) is 0 Å². The number of hydrogen-bond acceptors (Lipinski definition) is 5. The van der Waals surface area contributed by atoms with E-state index in [-0.39, 0.29) is 6.61 Å². The number of benzene rings is 1. The van der Waals surface area contributed by atoms with Crippen molar-refractivity contribution in [2.75, 3.05) is 19.7 Å². The Morgan fingerprint density at radius 2 is 2.08 bits per heavy atom. The van der Waals surface area contributed by atoms with Gasteiger partial charge in [-0.05, 0) is 41.3 Å². The minimum Gasteiger partial charge on any atom is -0.392 e. The summed E-state index contributed by atoms with van der Waals surface area (Å²) in [5.74, 6) is 0. The van der Waals surface area contributed by atoms with E-state index in [0.717, 1.165) is 47.9 Å². The van der Waals surface area contributed by atoms with E-state index in [2.05, 4.69) is 26.8 Å². The molecule has 2 aromatic rings. The highest BCUT2D eigenvalue weighted by Crippen LogP contribution is 2.19. The average molecular weight is 359 g/mol. The van der Waals surface area contributed by atoms with Crippen LogP contribution in [0.5, 0.6) is 0 Å². The molecule has 0 fully saturated rings. The average Bonchev–Trinajstić information content (AvgIpc) is 2.63. The fourth-order valence-corrected chi connectivity index (χ4v) is 3.16. The molecule has 1 aliphatic heterocycles. The molecule has 1 aliphatic rings. The molecule has 0 spiro atoms. The second-order valence-corrected chi connectivity index (χ2v) is 6.61. The number of pyridine rings is 1. The number of aromatic nitrogens is 1. The number of rotatable bonds is 7. The standard InChI is InChI=1S/C19H23ClN4O/c20-18-5-1-3-15(9-18)12-24-8-6-17(14-25)19(13-24)23-22-11-16-4-2-7-21-10-16/h1-5,7,9-10,22-23,25H,6,8,11-14H2. The molecule has 0 radical (unpaired) electrons. The Morgan fingerprint density at radius 1 is 1.20 bits per heavy atom. The number of aliphatic hydroxyl groups is 1. The summed E-state index contributed by atoms with van der Waals surface area (Å²) >= 11 is 6.08. The van der Waals surface area contributed by atoms with Crippen molar-refractivity contribution in [3.05, 3.63) is 76.2 Å². The Hall–Kier alpha value is -1.92. The molecule has 25 heavy (non-hydrogen) atoms. The summed E-state index contributed by atoms with van der Waals surface area (Å²) < 4.78 is 0. The van der Waals surface area contributed by atoms with E-state index >= 15 is 0 Å². The van der Waals surface area contributed by atoms with Crippen molar-refractivity contribution in [1.29, 1.82) is 0 Å². The van der Waals surface area contributed by atoms with Gasteiger partial charge in [-0.15, -0.1) is 0 Å². The first kappa shape index (κ1) is 17.9. The van der Waals surface area contributed by atoms with Gasteiger partial charge < -0.3 is 10.5 Å². The molecule has 0 atom stereocenters. The van der Waals surface area contributed by atoms with E-state index in [0.29, 0.717) is 6.54 Å². The lowest BCUT2D eigenvalue weighted by atomic mass is 10.1. The van der Waals surface area contributed by atoms with Gasteiger partial charge in [-0.1, -0.05) is 29.8 Å². The van der Waals surface area contributed by atoms with Gasteiger partial charge in [-0.2, -0.15) is 0 Å². The summed E-state index contributed by atoms with van der Waals surface area (Å²) in [5, 5.41) is 10.4. The molecule has 0 saturated carbocycles. The van der Waals surface area contributed by atoms with Crippen LogP contribution < -0.4 is 10.9 Å². The molecule has 3 N–H and O–H groups in total. The van der Waals surface area contributed by atoms with E-state index in [4.69, 9.17) is 11.6 Å². The highest BCUT2D eigenvalue weighted by atomic mass is 35.5. The first-order valence-corrected chi connectivity index (χ1v) is 8.78. The molecule has 0 amide bonds. The van der Waals surface area contributed by atoms with Crippen molar-refractivity contribution < 1.29 is 5.11 Å². The van der Waals surface area contributed by atoms with Crippen molar-refractivity contribution in [1.82, 2.24) is 20.7 Å². The quantitative estimate of drug-likeness (QED) is 0.664. The highest BCUT2D eigenvalue weighted by molar-refractivity contribution is 6.30. The van der Waals surface area contributed by atoms with Gasteiger partial charge in [-0.25, -0.2) is 5.43 Å². The van der Waals surface area contributed by atoms with Gasteiger partial charge in [0, 0.05) is 49.3 Å². The SMILES string of the molecule is OCC1=C(NNCc2cccnc2)CN(Cc2cccc(Cl)c2)CC1. The van der Waals surface area contributed by atoms with Crippen LogP contribution in [0.2, 0.25) is 5.02 Å². The van der Waals surface area contributed by atoms with Gasteiger partial charge in [0.1, 0.15) is 0 Å². The van der Waals surface area contributed by atoms with E-state index in [1.54, 1.807) is 6.20 Å². The van der Waals surface area contributed by atoms with Gasteiger partial charge in [0.15, 0.2) is 0 Å². The molecule has 6 heteroatoms. The summed E-state index contributed by atoms with van der Waals surface area (Å²) in [4.78, 5) is 6.45. The van der Waals surface area contributed by atoms with Crippen molar-refractivity contribution in [2.45, 2.75) is 19.5 Å². The zero-order chi connectivity index (χ0) is 17.5. The van der Waals surface area contributed by atoms with Crippen molar-refractivity contribution in [2.24, 2.45) is 0 Å². The van der Waals surface area contributed by atoms with Crippen LogP contribution in [0.15, 0.2) is 60.1 Å². The van der Waals surface area contributed by atoms with Crippen LogP contribution in [0, 0.1) is 0 Å². The highest BCUT2D eigenvalue weighted by Gasteiger charge is 2.18. The van der Waals surface area contributed by atoms with Crippen LogP contribution in [0.4, 0.5) is 0 Å². The normalized spacial score (nSPS) is 15.4. The third kappa shape index (κ3) is 5.28. The van der Waals surface area contributed by atoms with Crippen molar-refractivity contribution in [3.63, 3.8) is 0 Å². The lowest BCUT2D eigenvalue weighted by molar-refractivity contribution is 0.246. The summed E-state index contributed by atoms with van der Waals surface area (Å²) in [7, 11) is 0. The molecule has 1 aromatic carbocycles. The minimum atomic E-state index is 0.0852. The largest absolute Gasteiger partial charge is 0.392 e. The second-order valence-electron chi connectivity index (χ2n) is 6.17. The lowest BCUT2D eigenvalue weighted by Crippen LogP contribution is -2.41. The zero-order valence-electron chi connectivity index (χ0n) is 14.1. The van der Waals surface area contributed by atoms with Gasteiger partial charge in [0.2, 0.25) is 0 Å². The summed E-state index contributed by atoms with van der Waals surface area (Å²) in [6.45, 7) is 3.29.